The van der Waals surface area contributed by atoms with Gasteiger partial charge in [-0.1, -0.05) is 72.8 Å². The molecule has 0 saturated heterocycles. The second kappa shape index (κ2) is 7.46. The topological polar surface area (TPSA) is 57.8 Å². The van der Waals surface area contributed by atoms with Gasteiger partial charge >= 0.3 is 0 Å². The van der Waals surface area contributed by atoms with E-state index in [0.29, 0.717) is 24.5 Å². The van der Waals surface area contributed by atoms with Crippen molar-refractivity contribution >= 4 is 16.7 Å². The van der Waals surface area contributed by atoms with Crippen LogP contribution in [0.3, 0.4) is 0 Å². The molecular weight excluding hydrogens is 334 g/mol. The summed E-state index contributed by atoms with van der Waals surface area (Å²) in [5.74, 6) is 0.504. The number of nitrogens with one attached hydrogen (secondary N) is 2. The van der Waals surface area contributed by atoms with Gasteiger partial charge in [-0.2, -0.15) is 0 Å². The number of nitrogens with zero attached hydrogens (tertiary/aromatic N) is 1. The van der Waals surface area contributed by atoms with E-state index >= 15 is 0 Å². The average Bonchev–Trinajstić information content (AvgIpc) is 2.71. The Morgan fingerprint density at radius 1 is 0.926 bits per heavy atom. The zero-order valence-corrected chi connectivity index (χ0v) is 15.2. The van der Waals surface area contributed by atoms with E-state index in [2.05, 4.69) is 45.6 Å². The summed E-state index contributed by atoms with van der Waals surface area (Å²) in [6.07, 6.45) is 0.622. The van der Waals surface area contributed by atoms with Gasteiger partial charge in [-0.15, -0.1) is 0 Å². The molecule has 4 heteroatoms. The van der Waals surface area contributed by atoms with Crippen molar-refractivity contribution in [2.75, 3.05) is 5.32 Å². The maximum atomic E-state index is 12.4. The molecule has 27 heavy (non-hydrogen) atoms. The minimum absolute atomic E-state index is 0.101. The summed E-state index contributed by atoms with van der Waals surface area (Å²) >= 11 is 0. The first kappa shape index (κ1) is 17.0. The van der Waals surface area contributed by atoms with Crippen LogP contribution in [0, 0.1) is 6.92 Å². The lowest BCUT2D eigenvalue weighted by Crippen LogP contribution is -2.18. The van der Waals surface area contributed by atoms with Crippen molar-refractivity contribution in [2.24, 2.45) is 0 Å². The van der Waals surface area contributed by atoms with Gasteiger partial charge in [-0.3, -0.25) is 9.78 Å². The molecule has 4 nitrogen and oxygen atoms in total. The maximum absolute atomic E-state index is 12.4. The summed E-state index contributed by atoms with van der Waals surface area (Å²) in [6.45, 7) is 2.44. The van der Waals surface area contributed by atoms with Crippen LogP contribution in [-0.4, -0.2) is 9.97 Å². The number of hydrogen-bond donors (Lipinski definition) is 2. The first-order valence-electron chi connectivity index (χ1n) is 9.05. The normalized spacial score (nSPS) is 10.9. The van der Waals surface area contributed by atoms with Crippen LogP contribution < -0.4 is 10.9 Å². The van der Waals surface area contributed by atoms with Crippen molar-refractivity contribution in [3.63, 3.8) is 0 Å². The SMILES string of the molecule is Cc1c(Cc2cccc3ccccc23)nc(NCc2ccccc2)[nH]c1=O. The van der Waals surface area contributed by atoms with Gasteiger partial charge in [0.05, 0.1) is 5.69 Å². The minimum Gasteiger partial charge on any atom is -0.352 e. The van der Waals surface area contributed by atoms with E-state index in [1.807, 2.05) is 49.4 Å². The molecule has 0 bridgehead atoms. The molecule has 134 valence electrons. The first-order valence-corrected chi connectivity index (χ1v) is 9.05. The van der Waals surface area contributed by atoms with E-state index in [9.17, 15) is 4.79 Å². The van der Waals surface area contributed by atoms with Gasteiger partial charge in [-0.05, 0) is 28.8 Å². The molecule has 0 unspecified atom stereocenters. The molecule has 0 atom stereocenters. The lowest BCUT2D eigenvalue weighted by molar-refractivity contribution is 0.952. The lowest BCUT2D eigenvalue weighted by atomic mass is 9.99. The molecule has 2 N–H and O–H groups in total. The van der Waals surface area contributed by atoms with Crippen molar-refractivity contribution in [1.82, 2.24) is 9.97 Å². The molecular formula is C23H21N3O. The highest BCUT2D eigenvalue weighted by Gasteiger charge is 2.10. The highest BCUT2D eigenvalue weighted by molar-refractivity contribution is 5.85. The number of benzene rings is 3. The smallest absolute Gasteiger partial charge is 0.255 e. The number of hydrogen-bond acceptors (Lipinski definition) is 3. The zero-order chi connectivity index (χ0) is 18.6. The van der Waals surface area contributed by atoms with Gasteiger partial charge < -0.3 is 5.32 Å². The Morgan fingerprint density at radius 3 is 2.52 bits per heavy atom. The molecule has 0 amide bonds. The molecule has 0 fully saturated rings. The van der Waals surface area contributed by atoms with E-state index in [1.165, 1.54) is 16.3 Å². The highest BCUT2D eigenvalue weighted by atomic mass is 16.1. The molecule has 3 aromatic carbocycles. The molecule has 0 aliphatic heterocycles. The highest BCUT2D eigenvalue weighted by Crippen LogP contribution is 2.21. The van der Waals surface area contributed by atoms with Gasteiger partial charge in [0.25, 0.3) is 5.56 Å². The largest absolute Gasteiger partial charge is 0.352 e. The van der Waals surface area contributed by atoms with Crippen LogP contribution in [0.4, 0.5) is 5.95 Å². The maximum Gasteiger partial charge on any atom is 0.255 e. The lowest BCUT2D eigenvalue weighted by Gasteiger charge is -2.11. The van der Waals surface area contributed by atoms with Crippen LogP contribution in [0.1, 0.15) is 22.4 Å². The summed E-state index contributed by atoms with van der Waals surface area (Å²) in [5, 5.41) is 5.61. The van der Waals surface area contributed by atoms with Crippen LogP contribution >= 0.6 is 0 Å². The van der Waals surface area contributed by atoms with Crippen LogP contribution in [-0.2, 0) is 13.0 Å². The molecule has 0 aliphatic carbocycles. The fraction of sp³-hybridized carbons (Fsp3) is 0.130. The van der Waals surface area contributed by atoms with Crippen molar-refractivity contribution in [1.29, 1.82) is 0 Å². The molecule has 0 saturated carbocycles. The summed E-state index contributed by atoms with van der Waals surface area (Å²) in [5.41, 5.74) is 3.66. The molecule has 0 aliphatic rings. The first-order chi connectivity index (χ1) is 13.2. The van der Waals surface area contributed by atoms with Gasteiger partial charge in [-0.25, -0.2) is 4.98 Å². The second-order valence-corrected chi connectivity index (χ2v) is 6.64. The van der Waals surface area contributed by atoms with E-state index in [0.717, 1.165) is 11.3 Å². The molecule has 4 aromatic rings. The molecule has 4 rings (SSSR count). The van der Waals surface area contributed by atoms with E-state index in [4.69, 9.17) is 0 Å². The third-order valence-electron chi connectivity index (χ3n) is 4.79. The zero-order valence-electron chi connectivity index (χ0n) is 15.2. The molecule has 1 aromatic heterocycles. The Kier molecular flexibility index (Phi) is 4.71. The Morgan fingerprint density at radius 2 is 1.67 bits per heavy atom. The Bertz CT molecular complexity index is 1130. The third kappa shape index (κ3) is 3.75. The summed E-state index contributed by atoms with van der Waals surface area (Å²) in [7, 11) is 0. The van der Waals surface area contributed by atoms with Crippen molar-refractivity contribution in [3.8, 4) is 0 Å². The quantitative estimate of drug-likeness (QED) is 0.557. The number of H-pyrrole nitrogens is 1. The number of fused-ring (bicyclic) bond motifs is 1. The van der Waals surface area contributed by atoms with Gasteiger partial charge in [0.15, 0.2) is 0 Å². The number of anilines is 1. The fourth-order valence-corrected chi connectivity index (χ4v) is 3.24. The summed E-state index contributed by atoms with van der Waals surface area (Å²) < 4.78 is 0. The minimum atomic E-state index is -0.101. The second-order valence-electron chi connectivity index (χ2n) is 6.64. The van der Waals surface area contributed by atoms with E-state index < -0.39 is 0 Å². The summed E-state index contributed by atoms with van der Waals surface area (Å²) in [6, 6.07) is 24.6. The van der Waals surface area contributed by atoms with Crippen molar-refractivity contribution in [3.05, 3.63) is 106 Å². The monoisotopic (exact) mass is 355 g/mol. The van der Waals surface area contributed by atoms with Gasteiger partial charge in [0.1, 0.15) is 0 Å². The molecule has 1 heterocycles. The van der Waals surface area contributed by atoms with Crippen LogP contribution in [0.25, 0.3) is 10.8 Å². The van der Waals surface area contributed by atoms with Crippen LogP contribution in [0.2, 0.25) is 0 Å². The Balaban J connectivity index is 1.64. The van der Waals surface area contributed by atoms with Crippen LogP contribution in [0.15, 0.2) is 77.6 Å². The fourth-order valence-electron chi connectivity index (χ4n) is 3.24. The standard InChI is InChI=1S/C23H21N3O/c1-16-21(14-19-12-7-11-18-10-5-6-13-20(18)19)25-23(26-22(16)27)24-15-17-8-3-2-4-9-17/h2-13H,14-15H2,1H3,(H2,24,25,26,27). The predicted octanol–water partition coefficient (Wildman–Crippen LogP) is 4.43. The number of aromatic nitrogens is 2. The molecule has 0 radical (unpaired) electrons. The predicted molar refractivity (Wildman–Crippen MR) is 110 cm³/mol. The van der Waals surface area contributed by atoms with Gasteiger partial charge in [0.2, 0.25) is 5.95 Å². The van der Waals surface area contributed by atoms with E-state index in [1.54, 1.807) is 0 Å². The average molecular weight is 355 g/mol. The molecule has 0 spiro atoms. The third-order valence-corrected chi connectivity index (χ3v) is 4.79. The number of rotatable bonds is 5. The van der Waals surface area contributed by atoms with E-state index in [-0.39, 0.29) is 5.56 Å². The Hall–Kier alpha value is -3.40. The number of aromatic amines is 1. The van der Waals surface area contributed by atoms with Crippen molar-refractivity contribution in [2.45, 2.75) is 19.9 Å². The Labute approximate surface area is 157 Å². The van der Waals surface area contributed by atoms with Gasteiger partial charge in [0, 0.05) is 18.5 Å². The van der Waals surface area contributed by atoms with Crippen molar-refractivity contribution < 1.29 is 0 Å². The summed E-state index contributed by atoms with van der Waals surface area (Å²) in [4.78, 5) is 19.9. The van der Waals surface area contributed by atoms with Crippen LogP contribution in [0.5, 0.6) is 0 Å².